The van der Waals surface area contributed by atoms with E-state index >= 15 is 0 Å². The van der Waals surface area contributed by atoms with E-state index in [9.17, 15) is 9.59 Å². The molecule has 7 nitrogen and oxygen atoms in total. The lowest BCUT2D eigenvalue weighted by Crippen LogP contribution is -2.21. The topological polar surface area (TPSA) is 85.9 Å². The van der Waals surface area contributed by atoms with Gasteiger partial charge in [-0.2, -0.15) is 0 Å². The van der Waals surface area contributed by atoms with Crippen LogP contribution in [-0.2, 0) is 9.59 Å². The molecule has 2 N–H and O–H groups in total. The molecule has 0 heterocycles. The maximum absolute atomic E-state index is 12.3. The third kappa shape index (κ3) is 5.77. The standard InChI is InChI=1S/C21H24N2O5/c1-5-6-15-7-9-19(20(11-15)27-4)28-13-21(25)23-17-12-16(22-14(2)24)8-10-18(17)26-3/h5-12H,13H2,1-4H3,(H,22,24)(H,23,25)/b6-5+. The van der Waals surface area contributed by atoms with Crippen LogP contribution in [0.1, 0.15) is 19.4 Å². The van der Waals surface area contributed by atoms with Gasteiger partial charge in [0.05, 0.1) is 19.9 Å². The van der Waals surface area contributed by atoms with E-state index in [0.29, 0.717) is 28.6 Å². The molecule has 2 aromatic rings. The van der Waals surface area contributed by atoms with Crippen molar-refractivity contribution in [3.05, 3.63) is 48.0 Å². The fourth-order valence-electron chi connectivity index (χ4n) is 2.52. The smallest absolute Gasteiger partial charge is 0.262 e. The molecule has 0 atom stereocenters. The number of benzene rings is 2. The third-order valence-corrected chi connectivity index (χ3v) is 3.70. The summed E-state index contributed by atoms with van der Waals surface area (Å²) in [5.74, 6) is 0.881. The summed E-state index contributed by atoms with van der Waals surface area (Å²) in [6, 6.07) is 10.4. The largest absolute Gasteiger partial charge is 0.495 e. The Balaban J connectivity index is 2.07. The van der Waals surface area contributed by atoms with Gasteiger partial charge < -0.3 is 24.8 Å². The van der Waals surface area contributed by atoms with Crippen LogP contribution in [0.4, 0.5) is 11.4 Å². The van der Waals surface area contributed by atoms with Crippen LogP contribution in [0.5, 0.6) is 17.2 Å². The van der Waals surface area contributed by atoms with Crippen LogP contribution in [-0.4, -0.2) is 32.6 Å². The minimum atomic E-state index is -0.377. The number of allylic oxidation sites excluding steroid dienone is 1. The van der Waals surface area contributed by atoms with Crippen molar-refractivity contribution in [2.45, 2.75) is 13.8 Å². The Labute approximate surface area is 164 Å². The normalized spacial score (nSPS) is 10.4. The van der Waals surface area contributed by atoms with Gasteiger partial charge in [0.2, 0.25) is 5.91 Å². The molecular weight excluding hydrogens is 360 g/mol. The van der Waals surface area contributed by atoms with Gasteiger partial charge in [-0.25, -0.2) is 0 Å². The van der Waals surface area contributed by atoms with E-state index in [1.807, 2.05) is 31.2 Å². The highest BCUT2D eigenvalue weighted by Crippen LogP contribution is 2.30. The molecule has 0 aliphatic heterocycles. The highest BCUT2D eigenvalue weighted by atomic mass is 16.5. The first-order valence-corrected chi connectivity index (χ1v) is 8.65. The van der Waals surface area contributed by atoms with Crippen molar-refractivity contribution in [1.29, 1.82) is 0 Å². The van der Waals surface area contributed by atoms with E-state index in [2.05, 4.69) is 10.6 Å². The molecule has 0 aromatic heterocycles. The number of carbonyl (C=O) groups excluding carboxylic acids is 2. The van der Waals surface area contributed by atoms with E-state index in [4.69, 9.17) is 14.2 Å². The van der Waals surface area contributed by atoms with Gasteiger partial charge in [0.25, 0.3) is 5.91 Å². The Hall–Kier alpha value is -3.48. The summed E-state index contributed by atoms with van der Waals surface area (Å²) in [4.78, 5) is 23.5. The molecule has 7 heteroatoms. The average Bonchev–Trinajstić information content (AvgIpc) is 2.67. The Kier molecular flexibility index (Phi) is 7.45. The fraction of sp³-hybridized carbons (Fsp3) is 0.238. The number of methoxy groups -OCH3 is 2. The summed E-state index contributed by atoms with van der Waals surface area (Å²) < 4.78 is 16.2. The maximum Gasteiger partial charge on any atom is 0.262 e. The maximum atomic E-state index is 12.3. The van der Waals surface area contributed by atoms with Crippen LogP contribution in [0, 0.1) is 0 Å². The van der Waals surface area contributed by atoms with Gasteiger partial charge in [-0.15, -0.1) is 0 Å². The van der Waals surface area contributed by atoms with E-state index in [0.717, 1.165) is 5.56 Å². The predicted molar refractivity (Wildman–Crippen MR) is 109 cm³/mol. The van der Waals surface area contributed by atoms with Gasteiger partial charge in [-0.1, -0.05) is 18.2 Å². The Morgan fingerprint density at radius 1 is 0.964 bits per heavy atom. The minimum Gasteiger partial charge on any atom is -0.495 e. The molecule has 0 aliphatic carbocycles. The molecule has 2 rings (SSSR count). The third-order valence-electron chi connectivity index (χ3n) is 3.70. The quantitative estimate of drug-likeness (QED) is 0.725. The number of rotatable bonds is 8. The lowest BCUT2D eigenvalue weighted by Gasteiger charge is -2.14. The van der Waals surface area contributed by atoms with Crippen molar-refractivity contribution in [1.82, 2.24) is 0 Å². The molecule has 0 saturated heterocycles. The van der Waals surface area contributed by atoms with E-state index in [-0.39, 0.29) is 18.4 Å². The molecule has 0 aliphatic rings. The minimum absolute atomic E-state index is 0.209. The van der Waals surface area contributed by atoms with Gasteiger partial charge in [-0.05, 0) is 42.8 Å². The highest BCUT2D eigenvalue weighted by molar-refractivity contribution is 5.95. The van der Waals surface area contributed by atoms with Crippen molar-refractivity contribution in [2.75, 3.05) is 31.5 Å². The molecule has 0 saturated carbocycles. The second kappa shape index (κ2) is 10.0. The van der Waals surface area contributed by atoms with Crippen molar-refractivity contribution in [3.8, 4) is 17.2 Å². The molecule has 0 fully saturated rings. The van der Waals surface area contributed by atoms with Gasteiger partial charge in [0.1, 0.15) is 5.75 Å². The lowest BCUT2D eigenvalue weighted by atomic mass is 10.2. The first kappa shape index (κ1) is 20.8. The number of hydrogen-bond donors (Lipinski definition) is 2. The second-order valence-corrected chi connectivity index (χ2v) is 5.84. The molecule has 0 bridgehead atoms. The summed E-state index contributed by atoms with van der Waals surface area (Å²) in [5, 5.41) is 5.38. The number of amides is 2. The van der Waals surface area contributed by atoms with Crippen molar-refractivity contribution < 1.29 is 23.8 Å². The zero-order chi connectivity index (χ0) is 20.5. The summed E-state index contributed by atoms with van der Waals surface area (Å²) in [7, 11) is 3.04. The van der Waals surface area contributed by atoms with Crippen molar-refractivity contribution in [2.24, 2.45) is 0 Å². The molecule has 0 unspecified atom stereocenters. The first-order chi connectivity index (χ1) is 13.5. The SMILES string of the molecule is C/C=C/c1ccc(OCC(=O)Nc2cc(NC(C)=O)ccc2OC)c(OC)c1. The molecular formula is C21H24N2O5. The molecule has 0 spiro atoms. The first-order valence-electron chi connectivity index (χ1n) is 8.65. The molecule has 2 amide bonds. The number of hydrogen-bond acceptors (Lipinski definition) is 5. The van der Waals surface area contributed by atoms with Crippen molar-refractivity contribution >= 4 is 29.3 Å². The molecule has 148 valence electrons. The Morgan fingerprint density at radius 3 is 2.32 bits per heavy atom. The van der Waals surface area contributed by atoms with Crippen LogP contribution >= 0.6 is 0 Å². The van der Waals surface area contributed by atoms with Crippen molar-refractivity contribution in [3.63, 3.8) is 0 Å². The van der Waals surface area contributed by atoms with E-state index < -0.39 is 0 Å². The van der Waals surface area contributed by atoms with Crippen LogP contribution in [0.3, 0.4) is 0 Å². The summed E-state index contributed by atoms with van der Waals surface area (Å²) in [6.45, 7) is 3.12. The predicted octanol–water partition coefficient (Wildman–Crippen LogP) is 3.71. The van der Waals surface area contributed by atoms with Gasteiger partial charge >= 0.3 is 0 Å². The van der Waals surface area contributed by atoms with Crippen LogP contribution < -0.4 is 24.8 Å². The summed E-state index contributed by atoms with van der Waals surface area (Å²) in [5.41, 5.74) is 1.94. The Morgan fingerprint density at radius 2 is 1.68 bits per heavy atom. The summed E-state index contributed by atoms with van der Waals surface area (Å²) in [6.07, 6.45) is 3.86. The zero-order valence-corrected chi connectivity index (χ0v) is 16.4. The van der Waals surface area contributed by atoms with E-state index in [1.165, 1.54) is 14.0 Å². The van der Waals surface area contributed by atoms with Crippen LogP contribution in [0.15, 0.2) is 42.5 Å². The van der Waals surface area contributed by atoms with Crippen LogP contribution in [0.25, 0.3) is 6.08 Å². The number of ether oxygens (including phenoxy) is 3. The molecule has 2 aromatic carbocycles. The highest BCUT2D eigenvalue weighted by Gasteiger charge is 2.12. The Bertz CT molecular complexity index is 877. The molecule has 0 radical (unpaired) electrons. The van der Waals surface area contributed by atoms with Crippen LogP contribution in [0.2, 0.25) is 0 Å². The monoisotopic (exact) mass is 384 g/mol. The second-order valence-electron chi connectivity index (χ2n) is 5.84. The summed E-state index contributed by atoms with van der Waals surface area (Å²) >= 11 is 0. The van der Waals surface area contributed by atoms with Gasteiger partial charge in [0.15, 0.2) is 18.1 Å². The number of anilines is 2. The molecule has 28 heavy (non-hydrogen) atoms. The van der Waals surface area contributed by atoms with Gasteiger partial charge in [-0.3, -0.25) is 9.59 Å². The number of carbonyl (C=O) groups is 2. The number of nitrogens with one attached hydrogen (secondary N) is 2. The fourth-order valence-corrected chi connectivity index (χ4v) is 2.52. The van der Waals surface area contributed by atoms with Gasteiger partial charge in [0, 0.05) is 12.6 Å². The zero-order valence-electron chi connectivity index (χ0n) is 16.4. The lowest BCUT2D eigenvalue weighted by molar-refractivity contribution is -0.118. The van der Waals surface area contributed by atoms with E-state index in [1.54, 1.807) is 31.4 Å². The average molecular weight is 384 g/mol.